The molecule has 24 heavy (non-hydrogen) atoms. The van der Waals surface area contributed by atoms with Crippen LogP contribution in [0.2, 0.25) is 0 Å². The van der Waals surface area contributed by atoms with Crippen molar-refractivity contribution in [2.24, 2.45) is 4.99 Å². The van der Waals surface area contributed by atoms with Crippen LogP contribution in [-0.2, 0) is 12.3 Å². The third-order valence-corrected chi connectivity index (χ3v) is 4.91. The van der Waals surface area contributed by atoms with E-state index in [1.807, 2.05) is 18.7 Å². The summed E-state index contributed by atoms with van der Waals surface area (Å²) in [7, 11) is 4.15. The van der Waals surface area contributed by atoms with Gasteiger partial charge in [-0.2, -0.15) is 17.0 Å². The lowest BCUT2D eigenvalue weighted by Crippen LogP contribution is -2.13. The van der Waals surface area contributed by atoms with Gasteiger partial charge in [0.1, 0.15) is 5.76 Å². The van der Waals surface area contributed by atoms with Crippen molar-refractivity contribution in [2.45, 2.75) is 12.3 Å². The maximum absolute atomic E-state index is 8.61. The van der Waals surface area contributed by atoms with Crippen molar-refractivity contribution in [3.05, 3.63) is 35.8 Å². The van der Waals surface area contributed by atoms with Crippen LogP contribution in [0.25, 0.3) is 10.8 Å². The lowest BCUT2D eigenvalue weighted by atomic mass is 10.1. The van der Waals surface area contributed by atoms with E-state index in [1.54, 1.807) is 11.8 Å². The molecule has 0 saturated carbocycles. The van der Waals surface area contributed by atoms with Crippen molar-refractivity contribution >= 4 is 39.5 Å². The average Bonchev–Trinajstić information content (AvgIpc) is 2.97. The predicted molar refractivity (Wildman–Crippen MR) is 104 cm³/mol. The summed E-state index contributed by atoms with van der Waals surface area (Å²) in [6, 6.07) is 6.33. The van der Waals surface area contributed by atoms with Crippen LogP contribution in [0.5, 0.6) is 0 Å². The quantitative estimate of drug-likeness (QED) is 0.267. The normalized spacial score (nSPS) is 11.9. The smallest absolute Gasteiger partial charge is 0.183 e. The highest BCUT2D eigenvalue weighted by molar-refractivity contribution is 8.13. The molecule has 0 aliphatic rings. The Morgan fingerprint density at radius 3 is 2.96 bits per heavy atom. The van der Waals surface area contributed by atoms with Crippen LogP contribution in [-0.4, -0.2) is 42.7 Å². The number of fused-ring (bicyclic) bond motifs is 1. The van der Waals surface area contributed by atoms with Crippen molar-refractivity contribution in [1.82, 2.24) is 10.2 Å². The average molecular weight is 363 g/mol. The van der Waals surface area contributed by atoms with Crippen LogP contribution in [0.3, 0.4) is 0 Å². The van der Waals surface area contributed by atoms with Crippen LogP contribution in [0.15, 0.2) is 33.9 Å². The molecule has 7 heteroatoms. The third kappa shape index (κ3) is 5.20. The monoisotopic (exact) mass is 362 g/mol. The van der Waals surface area contributed by atoms with Gasteiger partial charge in [-0.15, -0.1) is 0 Å². The maximum Gasteiger partial charge on any atom is 0.183 e. The first-order valence-electron chi connectivity index (χ1n) is 7.59. The van der Waals surface area contributed by atoms with Gasteiger partial charge in [0.2, 0.25) is 0 Å². The number of nitrogens with zero attached hydrogens (tertiary/aromatic N) is 3. The molecule has 1 N–H and O–H groups in total. The van der Waals surface area contributed by atoms with Gasteiger partial charge in [-0.1, -0.05) is 30.0 Å². The van der Waals surface area contributed by atoms with Gasteiger partial charge in [0, 0.05) is 23.1 Å². The van der Waals surface area contributed by atoms with E-state index in [0.717, 1.165) is 29.2 Å². The number of furan rings is 1. The summed E-state index contributed by atoms with van der Waals surface area (Å²) in [6.07, 6.45) is 5.64. The van der Waals surface area contributed by atoms with Gasteiger partial charge >= 0.3 is 0 Å². The van der Waals surface area contributed by atoms with Crippen molar-refractivity contribution < 1.29 is 4.42 Å². The van der Waals surface area contributed by atoms with E-state index >= 15 is 0 Å². The molecule has 0 saturated heterocycles. The first-order valence-corrected chi connectivity index (χ1v) is 9.97. The largest absolute Gasteiger partial charge is 0.467 e. The highest BCUT2D eigenvalue weighted by Gasteiger charge is 2.11. The number of aliphatic imine (C=N–C) groups is 1. The second-order valence-corrected chi connectivity index (χ2v) is 7.36. The number of hydrogen-bond donors (Lipinski definition) is 1. The lowest BCUT2D eigenvalue weighted by Gasteiger charge is -2.11. The fraction of sp³-hybridized carbons (Fsp3) is 0.412. The van der Waals surface area contributed by atoms with Crippen molar-refractivity contribution in [3.8, 4) is 6.19 Å². The topological polar surface area (TPSA) is 64.6 Å². The molecule has 1 heterocycles. The number of hydrogen-bond acceptors (Lipinski definition) is 6. The molecule has 0 bridgehead atoms. The van der Waals surface area contributed by atoms with Crippen molar-refractivity contribution in [2.75, 3.05) is 32.6 Å². The van der Waals surface area contributed by atoms with Crippen LogP contribution in [0.1, 0.15) is 11.3 Å². The first-order chi connectivity index (χ1) is 11.7. The van der Waals surface area contributed by atoms with Gasteiger partial charge in [0.15, 0.2) is 11.4 Å². The molecular formula is C17H22N4OS2. The molecule has 1 aromatic carbocycles. The number of nitrogens with one attached hydrogen (secondary N) is 1. The Bertz CT molecular complexity index is 734. The van der Waals surface area contributed by atoms with Crippen LogP contribution < -0.4 is 5.32 Å². The number of amidine groups is 1. The molecule has 128 valence electrons. The van der Waals surface area contributed by atoms with E-state index in [9.17, 15) is 0 Å². The molecular weight excluding hydrogens is 340 g/mol. The van der Waals surface area contributed by atoms with E-state index in [4.69, 9.17) is 9.68 Å². The molecule has 5 nitrogen and oxygen atoms in total. The Balaban J connectivity index is 1.97. The first kappa shape index (κ1) is 18.7. The zero-order chi connectivity index (χ0) is 17.4. The van der Waals surface area contributed by atoms with Crippen molar-refractivity contribution in [3.63, 3.8) is 0 Å². The molecule has 0 amide bonds. The van der Waals surface area contributed by atoms with Crippen LogP contribution in [0, 0.1) is 11.5 Å². The Labute approximate surface area is 151 Å². The number of nitriles is 1. The summed E-state index contributed by atoms with van der Waals surface area (Å²) >= 11 is 3.23. The summed E-state index contributed by atoms with van der Waals surface area (Å²) < 4.78 is 5.79. The minimum Gasteiger partial charge on any atom is -0.467 e. The van der Waals surface area contributed by atoms with Gasteiger partial charge in [-0.05, 0) is 25.9 Å². The lowest BCUT2D eigenvalue weighted by molar-refractivity contribution is 0.404. The van der Waals surface area contributed by atoms with E-state index in [0.29, 0.717) is 11.7 Å². The van der Waals surface area contributed by atoms with Gasteiger partial charge in [-0.3, -0.25) is 10.3 Å². The second kappa shape index (κ2) is 9.62. The second-order valence-electron chi connectivity index (χ2n) is 5.46. The van der Waals surface area contributed by atoms with Gasteiger partial charge in [0.25, 0.3) is 0 Å². The van der Waals surface area contributed by atoms with Crippen molar-refractivity contribution in [1.29, 1.82) is 5.26 Å². The van der Waals surface area contributed by atoms with Crippen LogP contribution >= 0.6 is 23.5 Å². The highest BCUT2D eigenvalue weighted by atomic mass is 32.2. The van der Waals surface area contributed by atoms with E-state index in [-0.39, 0.29) is 0 Å². The summed E-state index contributed by atoms with van der Waals surface area (Å²) in [5, 5.41) is 14.2. The summed E-state index contributed by atoms with van der Waals surface area (Å²) in [5.74, 6) is 2.73. The zero-order valence-corrected chi connectivity index (χ0v) is 15.8. The molecule has 1 aromatic heterocycles. The minimum atomic E-state index is 0.662. The fourth-order valence-corrected chi connectivity index (χ4v) is 3.54. The predicted octanol–water partition coefficient (Wildman–Crippen LogP) is 3.52. The third-order valence-electron chi connectivity index (χ3n) is 3.36. The Hall–Kier alpha value is -1.62. The molecule has 0 spiro atoms. The Morgan fingerprint density at radius 2 is 2.25 bits per heavy atom. The molecule has 0 fully saturated rings. The molecule has 2 aromatic rings. The summed E-state index contributed by atoms with van der Waals surface area (Å²) in [4.78, 5) is 6.52. The molecule has 0 aliphatic carbocycles. The number of thioether (sulfide) groups is 2. The summed E-state index contributed by atoms with van der Waals surface area (Å²) in [6.45, 7) is 1.58. The van der Waals surface area contributed by atoms with Crippen LogP contribution in [0.4, 0.5) is 0 Å². The number of rotatable bonds is 7. The highest BCUT2D eigenvalue weighted by Crippen LogP contribution is 2.28. The fourth-order valence-electron chi connectivity index (χ4n) is 2.41. The zero-order valence-electron chi connectivity index (χ0n) is 14.2. The minimum absolute atomic E-state index is 0.662. The molecule has 2 rings (SSSR count). The Morgan fingerprint density at radius 1 is 1.42 bits per heavy atom. The van der Waals surface area contributed by atoms with E-state index in [1.165, 1.54) is 22.7 Å². The molecule has 0 radical (unpaired) electrons. The van der Waals surface area contributed by atoms with Gasteiger partial charge in [-0.25, -0.2) is 0 Å². The standard InChI is InChI=1S/C17H22N4OS2/c1-21(2)9-13-5-4-6-14-10-22-15(16(13)14)11-24-8-7-19-17(23-3)20-12-18/h4-6,10H,7-9,11H2,1-3H3,(H,19,20). The van der Waals surface area contributed by atoms with Gasteiger partial charge in [0.05, 0.1) is 18.6 Å². The summed E-state index contributed by atoms with van der Waals surface area (Å²) in [5.41, 5.74) is 1.29. The molecule has 0 aliphatic heterocycles. The maximum atomic E-state index is 8.61. The Kier molecular flexibility index (Phi) is 7.50. The van der Waals surface area contributed by atoms with Gasteiger partial charge < -0.3 is 9.32 Å². The van der Waals surface area contributed by atoms with E-state index in [2.05, 4.69) is 47.5 Å². The van der Waals surface area contributed by atoms with E-state index < -0.39 is 0 Å². The molecule has 0 atom stereocenters. The molecule has 0 unspecified atom stereocenters. The number of benzene rings is 1. The SMILES string of the molecule is CSC(=NCCSCc1occ2cccc(CN(C)C)c12)NC#N.